The molecule has 2 aromatic rings. The molecule has 1 aliphatic carbocycles. The van der Waals surface area contributed by atoms with Crippen LogP contribution in [0.15, 0.2) is 42.5 Å². The van der Waals surface area contributed by atoms with Gasteiger partial charge in [-0.05, 0) is 47.6 Å². The zero-order chi connectivity index (χ0) is 14.2. The molecule has 4 rings (SSSR count). The quantitative estimate of drug-likeness (QED) is 0.930. The summed E-state index contributed by atoms with van der Waals surface area (Å²) in [4.78, 5) is 12.6. The maximum atomic E-state index is 12.6. The van der Waals surface area contributed by atoms with Gasteiger partial charge in [0, 0.05) is 18.7 Å². The summed E-state index contributed by atoms with van der Waals surface area (Å²) in [6, 6.07) is 14.7. The summed E-state index contributed by atoms with van der Waals surface area (Å²) >= 11 is 0. The maximum absolute atomic E-state index is 12.6. The number of fused-ring (bicyclic) bond motifs is 2. The first kappa shape index (κ1) is 12.6. The molecule has 0 bridgehead atoms. The van der Waals surface area contributed by atoms with E-state index in [1.807, 2.05) is 12.1 Å². The Morgan fingerprint density at radius 2 is 1.95 bits per heavy atom. The average Bonchev–Trinajstić information content (AvgIpc) is 3.13. The van der Waals surface area contributed by atoms with Crippen molar-refractivity contribution in [2.24, 2.45) is 0 Å². The second-order valence-electron chi connectivity index (χ2n) is 6.12. The highest BCUT2D eigenvalue weighted by Gasteiger charge is 2.27. The van der Waals surface area contributed by atoms with Crippen LogP contribution in [0.5, 0.6) is 0 Å². The number of aryl methyl sites for hydroxylation is 2. The highest BCUT2D eigenvalue weighted by atomic mass is 16.1. The first-order valence-electron chi connectivity index (χ1n) is 7.77. The number of para-hydroxylation sites is 1. The number of hydrogen-bond donors (Lipinski definition) is 1. The van der Waals surface area contributed by atoms with Crippen molar-refractivity contribution in [3.05, 3.63) is 64.7 Å². The van der Waals surface area contributed by atoms with Crippen molar-refractivity contribution in [2.45, 2.75) is 31.6 Å². The minimum atomic E-state index is 0.00875. The molecule has 1 N–H and O–H groups in total. The standard InChI is InChI=1S/C19H19NO/c21-19(17-12-20-18-7-2-1-6-16(17)18)11-13-8-9-14-4-3-5-15(14)10-13/h1-2,6-10,17,20H,3-5,11-12H2. The van der Waals surface area contributed by atoms with Crippen LogP contribution in [0.4, 0.5) is 5.69 Å². The molecule has 0 spiro atoms. The van der Waals surface area contributed by atoms with E-state index in [9.17, 15) is 4.79 Å². The number of Topliss-reactive ketones (excluding diaryl/α,β-unsaturated/α-hetero) is 1. The van der Waals surface area contributed by atoms with Crippen LogP contribution in [-0.2, 0) is 24.1 Å². The third-order valence-corrected chi connectivity index (χ3v) is 4.76. The van der Waals surface area contributed by atoms with Gasteiger partial charge >= 0.3 is 0 Å². The molecular weight excluding hydrogens is 258 g/mol. The Hall–Kier alpha value is -2.09. The Balaban J connectivity index is 1.54. The third-order valence-electron chi connectivity index (χ3n) is 4.76. The molecule has 0 saturated carbocycles. The number of hydrogen-bond acceptors (Lipinski definition) is 2. The van der Waals surface area contributed by atoms with Gasteiger partial charge in [0.2, 0.25) is 0 Å². The molecule has 2 aromatic carbocycles. The van der Waals surface area contributed by atoms with Crippen LogP contribution in [0.25, 0.3) is 0 Å². The third kappa shape index (κ3) is 2.25. The molecule has 106 valence electrons. The highest BCUT2D eigenvalue weighted by molar-refractivity contribution is 5.91. The van der Waals surface area contributed by atoms with E-state index in [2.05, 4.69) is 35.6 Å². The molecule has 0 aromatic heterocycles. The Bertz CT molecular complexity index is 704. The van der Waals surface area contributed by atoms with E-state index >= 15 is 0 Å². The summed E-state index contributed by atoms with van der Waals surface area (Å²) in [5.74, 6) is 0.333. The fourth-order valence-corrected chi connectivity index (χ4v) is 3.63. The molecular formula is C19H19NO. The topological polar surface area (TPSA) is 29.1 Å². The molecule has 1 aliphatic heterocycles. The van der Waals surface area contributed by atoms with Crippen molar-refractivity contribution in [2.75, 3.05) is 11.9 Å². The zero-order valence-electron chi connectivity index (χ0n) is 12.1. The van der Waals surface area contributed by atoms with E-state index in [0.717, 1.165) is 17.8 Å². The lowest BCUT2D eigenvalue weighted by Crippen LogP contribution is -2.17. The summed E-state index contributed by atoms with van der Waals surface area (Å²) in [5, 5.41) is 3.34. The van der Waals surface area contributed by atoms with Gasteiger partial charge in [0.05, 0.1) is 5.92 Å². The molecule has 2 nitrogen and oxygen atoms in total. The molecule has 0 saturated heterocycles. The summed E-state index contributed by atoms with van der Waals surface area (Å²) in [6.45, 7) is 0.739. The molecule has 1 unspecified atom stereocenters. The van der Waals surface area contributed by atoms with E-state index in [4.69, 9.17) is 0 Å². The smallest absolute Gasteiger partial charge is 0.146 e. The van der Waals surface area contributed by atoms with Gasteiger partial charge in [-0.2, -0.15) is 0 Å². The lowest BCUT2D eigenvalue weighted by molar-refractivity contribution is -0.119. The fraction of sp³-hybridized carbons (Fsp3) is 0.316. The fourth-order valence-electron chi connectivity index (χ4n) is 3.63. The van der Waals surface area contributed by atoms with Crippen molar-refractivity contribution in [1.82, 2.24) is 0 Å². The Kier molecular flexibility index (Phi) is 3.03. The van der Waals surface area contributed by atoms with Gasteiger partial charge in [-0.1, -0.05) is 36.4 Å². The molecule has 1 heterocycles. The average molecular weight is 277 g/mol. The van der Waals surface area contributed by atoms with E-state index in [1.54, 1.807) is 0 Å². The van der Waals surface area contributed by atoms with Crippen LogP contribution in [0.2, 0.25) is 0 Å². The lowest BCUT2D eigenvalue weighted by atomic mass is 9.92. The Labute approximate surface area is 125 Å². The molecule has 0 amide bonds. The zero-order valence-corrected chi connectivity index (χ0v) is 12.1. The molecule has 2 heteroatoms. The largest absolute Gasteiger partial charge is 0.384 e. The molecule has 0 fully saturated rings. The minimum absolute atomic E-state index is 0.00875. The maximum Gasteiger partial charge on any atom is 0.146 e. The van der Waals surface area contributed by atoms with Crippen molar-refractivity contribution in [3.8, 4) is 0 Å². The van der Waals surface area contributed by atoms with E-state index in [1.165, 1.54) is 36.0 Å². The van der Waals surface area contributed by atoms with Crippen LogP contribution in [0.1, 0.15) is 34.6 Å². The summed E-state index contributed by atoms with van der Waals surface area (Å²) in [7, 11) is 0. The number of carbonyl (C=O) groups excluding carboxylic acids is 1. The number of anilines is 1. The van der Waals surface area contributed by atoms with Crippen LogP contribution in [0, 0.1) is 0 Å². The Morgan fingerprint density at radius 1 is 1.10 bits per heavy atom. The van der Waals surface area contributed by atoms with Gasteiger partial charge in [0.15, 0.2) is 0 Å². The second kappa shape index (κ2) is 5.03. The van der Waals surface area contributed by atoms with Crippen LogP contribution >= 0.6 is 0 Å². The van der Waals surface area contributed by atoms with Crippen molar-refractivity contribution < 1.29 is 4.79 Å². The molecule has 21 heavy (non-hydrogen) atoms. The van der Waals surface area contributed by atoms with Crippen molar-refractivity contribution in [3.63, 3.8) is 0 Å². The second-order valence-corrected chi connectivity index (χ2v) is 6.12. The van der Waals surface area contributed by atoms with Crippen LogP contribution < -0.4 is 5.32 Å². The van der Waals surface area contributed by atoms with Crippen molar-refractivity contribution in [1.29, 1.82) is 0 Å². The lowest BCUT2D eigenvalue weighted by Gasteiger charge is -2.10. The molecule has 2 aliphatic rings. The van der Waals surface area contributed by atoms with E-state index < -0.39 is 0 Å². The van der Waals surface area contributed by atoms with E-state index in [0.29, 0.717) is 12.2 Å². The van der Waals surface area contributed by atoms with Crippen LogP contribution in [0.3, 0.4) is 0 Å². The number of benzene rings is 2. The van der Waals surface area contributed by atoms with Gasteiger partial charge in [-0.3, -0.25) is 4.79 Å². The van der Waals surface area contributed by atoms with Crippen molar-refractivity contribution >= 4 is 11.5 Å². The van der Waals surface area contributed by atoms with E-state index in [-0.39, 0.29) is 5.92 Å². The minimum Gasteiger partial charge on any atom is -0.384 e. The molecule has 0 radical (unpaired) electrons. The number of carbonyl (C=O) groups is 1. The monoisotopic (exact) mass is 277 g/mol. The predicted octanol–water partition coefficient (Wildman–Crippen LogP) is 3.50. The predicted molar refractivity (Wildman–Crippen MR) is 84.9 cm³/mol. The number of rotatable bonds is 3. The number of ketones is 1. The summed E-state index contributed by atoms with van der Waals surface area (Å²) in [5.41, 5.74) is 6.36. The van der Waals surface area contributed by atoms with Crippen LogP contribution in [-0.4, -0.2) is 12.3 Å². The first-order valence-corrected chi connectivity index (χ1v) is 7.77. The molecule has 1 atom stereocenters. The summed E-state index contributed by atoms with van der Waals surface area (Å²) in [6.07, 6.45) is 4.18. The van der Waals surface area contributed by atoms with Gasteiger partial charge in [0.1, 0.15) is 5.78 Å². The first-order chi connectivity index (χ1) is 10.3. The highest BCUT2D eigenvalue weighted by Crippen LogP contribution is 2.32. The van der Waals surface area contributed by atoms with Gasteiger partial charge in [-0.25, -0.2) is 0 Å². The summed E-state index contributed by atoms with van der Waals surface area (Å²) < 4.78 is 0. The normalized spacial score (nSPS) is 19.0. The number of nitrogens with one attached hydrogen (secondary N) is 1. The Morgan fingerprint density at radius 3 is 2.90 bits per heavy atom. The van der Waals surface area contributed by atoms with Gasteiger partial charge < -0.3 is 5.32 Å². The SMILES string of the molecule is O=C(Cc1ccc2c(c1)CCC2)C1CNc2ccccc21. The van der Waals surface area contributed by atoms with Gasteiger partial charge in [-0.15, -0.1) is 0 Å². The van der Waals surface area contributed by atoms with Gasteiger partial charge in [0.25, 0.3) is 0 Å².